The van der Waals surface area contributed by atoms with Gasteiger partial charge in [-0.2, -0.15) is 0 Å². The van der Waals surface area contributed by atoms with Gasteiger partial charge < -0.3 is 28.9 Å². The van der Waals surface area contributed by atoms with E-state index in [0.717, 1.165) is 18.6 Å². The number of halogens is 1. The number of aromatic amines is 1. The first-order valence-corrected chi connectivity index (χ1v) is 6.33. The van der Waals surface area contributed by atoms with Gasteiger partial charge in [0, 0.05) is 24.7 Å². The SMILES string of the molecule is CCN1C=c2ccc3nc[nH+]c4ccc(c2c34)C1.[I-]. The molecule has 0 atom stereocenters. The van der Waals surface area contributed by atoms with E-state index in [4.69, 9.17) is 0 Å². The summed E-state index contributed by atoms with van der Waals surface area (Å²) in [7, 11) is 0. The molecule has 0 radical (unpaired) electrons. The molecule has 3 aromatic rings. The van der Waals surface area contributed by atoms with Gasteiger partial charge in [0.2, 0.25) is 0 Å². The first kappa shape index (κ1) is 12.6. The molecule has 4 heteroatoms. The number of nitrogens with one attached hydrogen (secondary N) is 1. The molecule has 96 valence electrons. The van der Waals surface area contributed by atoms with Gasteiger partial charge in [-0.3, -0.25) is 0 Å². The van der Waals surface area contributed by atoms with E-state index in [1.54, 1.807) is 6.33 Å². The summed E-state index contributed by atoms with van der Waals surface area (Å²) in [4.78, 5) is 10.0. The molecule has 1 aliphatic rings. The van der Waals surface area contributed by atoms with Crippen LogP contribution in [0, 0.1) is 0 Å². The minimum Gasteiger partial charge on any atom is -1.00 e. The van der Waals surface area contributed by atoms with E-state index in [1.807, 2.05) is 0 Å². The van der Waals surface area contributed by atoms with Crippen LogP contribution in [0.1, 0.15) is 12.5 Å². The van der Waals surface area contributed by atoms with Gasteiger partial charge in [-0.25, -0.2) is 4.98 Å². The lowest BCUT2D eigenvalue weighted by atomic mass is 9.98. The van der Waals surface area contributed by atoms with Crippen molar-refractivity contribution in [2.75, 3.05) is 6.54 Å². The maximum absolute atomic E-state index is 4.43. The molecule has 1 aliphatic heterocycles. The van der Waals surface area contributed by atoms with Gasteiger partial charge in [-0.05, 0) is 40.9 Å². The molecule has 1 aromatic heterocycles. The fourth-order valence-corrected chi connectivity index (χ4v) is 2.88. The van der Waals surface area contributed by atoms with Crippen molar-refractivity contribution < 1.29 is 29.0 Å². The predicted octanol–water partition coefficient (Wildman–Crippen LogP) is -1.50. The van der Waals surface area contributed by atoms with Crippen molar-refractivity contribution in [1.82, 2.24) is 9.88 Å². The molecule has 4 rings (SSSR count). The minimum absolute atomic E-state index is 0. The smallest absolute Gasteiger partial charge is 0.285 e. The van der Waals surface area contributed by atoms with E-state index in [2.05, 4.69) is 52.3 Å². The van der Waals surface area contributed by atoms with Crippen molar-refractivity contribution in [3.05, 3.63) is 41.4 Å². The minimum atomic E-state index is 0. The highest BCUT2D eigenvalue weighted by Crippen LogP contribution is 2.25. The highest BCUT2D eigenvalue weighted by molar-refractivity contribution is 6.07. The topological polar surface area (TPSA) is 30.3 Å². The molecule has 0 saturated carbocycles. The fourth-order valence-electron chi connectivity index (χ4n) is 2.88. The van der Waals surface area contributed by atoms with Gasteiger partial charge in [0.15, 0.2) is 5.52 Å². The van der Waals surface area contributed by atoms with Crippen LogP contribution in [0.3, 0.4) is 0 Å². The van der Waals surface area contributed by atoms with Crippen LogP contribution in [0.15, 0.2) is 30.6 Å². The van der Waals surface area contributed by atoms with Gasteiger partial charge in [-0.1, -0.05) is 6.07 Å². The van der Waals surface area contributed by atoms with Crippen molar-refractivity contribution in [3.63, 3.8) is 0 Å². The first-order chi connectivity index (χ1) is 8.86. The normalized spacial score (nSPS) is 13.4. The van der Waals surface area contributed by atoms with Crippen LogP contribution in [0.4, 0.5) is 0 Å². The van der Waals surface area contributed by atoms with Crippen LogP contribution in [-0.4, -0.2) is 16.4 Å². The second-order valence-electron chi connectivity index (χ2n) is 4.79. The predicted molar refractivity (Wildman–Crippen MR) is 71.6 cm³/mol. The molecule has 0 amide bonds. The molecule has 0 fully saturated rings. The number of hydrogen-bond acceptors (Lipinski definition) is 2. The maximum Gasteiger partial charge on any atom is 0.285 e. The molecular weight excluding hydrogens is 349 g/mol. The molecule has 19 heavy (non-hydrogen) atoms. The average molecular weight is 363 g/mol. The van der Waals surface area contributed by atoms with E-state index >= 15 is 0 Å². The van der Waals surface area contributed by atoms with Gasteiger partial charge in [0.05, 0.1) is 5.39 Å². The number of H-pyrrole nitrogens is 1. The lowest BCUT2D eigenvalue weighted by Gasteiger charge is -2.23. The lowest BCUT2D eigenvalue weighted by molar-refractivity contribution is -0.349. The number of nitrogens with zero attached hydrogens (tertiary/aromatic N) is 2. The van der Waals surface area contributed by atoms with E-state index in [-0.39, 0.29) is 24.0 Å². The summed E-state index contributed by atoms with van der Waals surface area (Å²) in [6.07, 6.45) is 4.03. The first-order valence-electron chi connectivity index (χ1n) is 6.33. The van der Waals surface area contributed by atoms with Gasteiger partial charge in [0.25, 0.3) is 6.33 Å². The Balaban J connectivity index is 0.00000110. The molecule has 1 N–H and O–H groups in total. The van der Waals surface area contributed by atoms with Crippen LogP contribution < -0.4 is 34.2 Å². The van der Waals surface area contributed by atoms with Crippen molar-refractivity contribution in [2.45, 2.75) is 13.5 Å². The molecule has 0 bridgehead atoms. The fraction of sp³-hybridized carbons (Fsp3) is 0.200. The molecule has 0 saturated heterocycles. The van der Waals surface area contributed by atoms with Gasteiger partial charge in [0.1, 0.15) is 5.52 Å². The van der Waals surface area contributed by atoms with E-state index < -0.39 is 0 Å². The summed E-state index contributed by atoms with van der Waals surface area (Å²) in [5.41, 5.74) is 3.63. The zero-order chi connectivity index (χ0) is 12.1. The Labute approximate surface area is 128 Å². The van der Waals surface area contributed by atoms with Crippen LogP contribution in [-0.2, 0) is 6.54 Å². The van der Waals surface area contributed by atoms with Gasteiger partial charge in [-0.15, -0.1) is 0 Å². The Bertz CT molecular complexity index is 797. The highest BCUT2D eigenvalue weighted by atomic mass is 127. The van der Waals surface area contributed by atoms with Crippen LogP contribution in [0.2, 0.25) is 0 Å². The monoisotopic (exact) mass is 363 g/mol. The summed E-state index contributed by atoms with van der Waals surface area (Å²) in [6.45, 7) is 4.23. The molecule has 2 aromatic carbocycles. The third-order valence-corrected chi connectivity index (χ3v) is 3.78. The van der Waals surface area contributed by atoms with Crippen molar-refractivity contribution in [1.29, 1.82) is 0 Å². The average Bonchev–Trinajstić information content (AvgIpc) is 2.44. The van der Waals surface area contributed by atoms with Gasteiger partial charge >= 0.3 is 0 Å². The van der Waals surface area contributed by atoms with Crippen LogP contribution in [0.25, 0.3) is 28.0 Å². The van der Waals surface area contributed by atoms with E-state index in [1.165, 1.54) is 27.1 Å². The summed E-state index contributed by atoms with van der Waals surface area (Å²) >= 11 is 0. The van der Waals surface area contributed by atoms with E-state index in [0.29, 0.717) is 0 Å². The number of rotatable bonds is 1. The zero-order valence-corrected chi connectivity index (χ0v) is 12.8. The third-order valence-electron chi connectivity index (χ3n) is 3.78. The van der Waals surface area contributed by atoms with Crippen molar-refractivity contribution in [3.8, 4) is 0 Å². The van der Waals surface area contributed by atoms with Crippen molar-refractivity contribution in [2.24, 2.45) is 0 Å². The Morgan fingerprint density at radius 2 is 2.11 bits per heavy atom. The molecule has 0 spiro atoms. The second-order valence-corrected chi connectivity index (χ2v) is 4.79. The second kappa shape index (κ2) is 4.59. The summed E-state index contributed by atoms with van der Waals surface area (Å²) in [5.74, 6) is 0. The molecule has 0 unspecified atom stereocenters. The Kier molecular flexibility index (Phi) is 3.05. The quantitative estimate of drug-likeness (QED) is 0.493. The third kappa shape index (κ3) is 1.77. The Morgan fingerprint density at radius 1 is 1.21 bits per heavy atom. The molecule has 2 heterocycles. The number of benzene rings is 2. The lowest BCUT2D eigenvalue weighted by Crippen LogP contribution is -3.00. The zero-order valence-electron chi connectivity index (χ0n) is 10.7. The standard InChI is InChI=1S/C15H13N3.HI/c1-2-18-7-10-3-5-12-15-13(17-9-16-12)6-4-11(8-18)14(10)15;/h3-7,9H,2,8H2,1H3;1H. The highest BCUT2D eigenvalue weighted by Gasteiger charge is 2.17. The molecular formula is C15H14IN3. The van der Waals surface area contributed by atoms with Crippen LogP contribution >= 0.6 is 0 Å². The Hall–Kier alpha value is -1.43. The summed E-state index contributed by atoms with van der Waals surface area (Å²) in [5, 5.41) is 3.93. The maximum atomic E-state index is 4.43. The number of aromatic nitrogens is 2. The summed E-state index contributed by atoms with van der Waals surface area (Å²) in [6, 6.07) is 8.68. The van der Waals surface area contributed by atoms with Crippen molar-refractivity contribution >= 4 is 28.0 Å². The molecule has 3 nitrogen and oxygen atoms in total. The number of hydrogen-bond donors (Lipinski definition) is 0. The van der Waals surface area contributed by atoms with Crippen LogP contribution in [0.5, 0.6) is 0 Å². The van der Waals surface area contributed by atoms with E-state index in [9.17, 15) is 0 Å². The largest absolute Gasteiger partial charge is 1.00 e. The molecule has 0 aliphatic carbocycles. The summed E-state index contributed by atoms with van der Waals surface area (Å²) < 4.78 is 0. The Morgan fingerprint density at radius 3 is 2.95 bits per heavy atom.